The highest BCUT2D eigenvalue weighted by Crippen LogP contribution is 2.25. The van der Waals surface area contributed by atoms with Crippen LogP contribution < -0.4 is 15.3 Å². The quantitative estimate of drug-likeness (QED) is 0.217. The van der Waals surface area contributed by atoms with E-state index in [-0.39, 0.29) is 12.2 Å². The lowest BCUT2D eigenvalue weighted by Gasteiger charge is -2.14. The van der Waals surface area contributed by atoms with Crippen LogP contribution in [0.3, 0.4) is 0 Å². The lowest BCUT2D eigenvalue weighted by molar-refractivity contribution is 0.103. The molecule has 0 saturated carbocycles. The zero-order chi connectivity index (χ0) is 26.5. The van der Waals surface area contributed by atoms with Gasteiger partial charge in [0.25, 0.3) is 0 Å². The second kappa shape index (κ2) is 15.6. The van der Waals surface area contributed by atoms with Gasteiger partial charge in [0.15, 0.2) is 5.78 Å². The normalized spacial score (nSPS) is 9.66. The van der Waals surface area contributed by atoms with Gasteiger partial charge < -0.3 is 9.72 Å². The maximum Gasteiger partial charge on any atom is 0.198 e. The Morgan fingerprint density at radius 3 is 2.40 bits per heavy atom. The predicted molar refractivity (Wildman–Crippen MR) is 154 cm³/mol. The molecule has 4 rings (SSSR count). The lowest BCUT2D eigenvalue weighted by Crippen LogP contribution is -2.16. The topological polar surface area (TPSA) is 55.0 Å². The number of aromatic amines is 1. The number of benzene rings is 2. The van der Waals surface area contributed by atoms with E-state index in [0.717, 1.165) is 10.9 Å². The van der Waals surface area contributed by atoms with Gasteiger partial charge in [-0.3, -0.25) is 4.79 Å². The molecule has 4 aromatic rings. The summed E-state index contributed by atoms with van der Waals surface area (Å²) in [5.41, 5.74) is 1.67. The number of hydrogen-bond donors (Lipinski definition) is 1. The number of pyridine rings is 1. The number of nitrogens with zero attached hydrogens (tertiary/aromatic N) is 1. The number of H-pyrrole nitrogens is 1. The minimum absolute atomic E-state index is 0.0522. The van der Waals surface area contributed by atoms with E-state index in [0.29, 0.717) is 32.7 Å². The number of carbonyl (C=O) groups excluding carboxylic acids is 1. The number of fused-ring (bicyclic) bond motifs is 1. The standard InChI is InChI=1S/C21H16ClFN2O2P2.3C2H6/c22-15-8-12(28)4-3-11(15)10-27-17-6-5-16(23)18(20(17)29)19(26)14-9-25-21-13(14)2-1-7-24-21;3*1-2/h1-9H,10,28-29H2,(H,24,25);3*1-2H3. The summed E-state index contributed by atoms with van der Waals surface area (Å²) in [5, 5.41) is 2.53. The van der Waals surface area contributed by atoms with Crippen LogP contribution in [0.4, 0.5) is 4.39 Å². The first-order valence-electron chi connectivity index (χ1n) is 11.7. The van der Waals surface area contributed by atoms with Gasteiger partial charge in [-0.1, -0.05) is 65.3 Å². The average molecular weight is 535 g/mol. The maximum atomic E-state index is 14.6. The van der Waals surface area contributed by atoms with Crippen molar-refractivity contribution in [2.75, 3.05) is 0 Å². The molecule has 0 aliphatic heterocycles. The first-order valence-corrected chi connectivity index (χ1v) is 13.2. The fourth-order valence-electron chi connectivity index (χ4n) is 3.05. The molecule has 2 aromatic carbocycles. The van der Waals surface area contributed by atoms with Gasteiger partial charge in [-0.15, -0.1) is 18.5 Å². The van der Waals surface area contributed by atoms with Crippen LogP contribution in [0.5, 0.6) is 5.75 Å². The molecule has 2 aromatic heterocycles. The number of aromatic nitrogens is 2. The molecule has 0 saturated heterocycles. The second-order valence-electron chi connectivity index (χ2n) is 6.40. The number of nitrogens with one attached hydrogen (secondary N) is 1. The van der Waals surface area contributed by atoms with Crippen LogP contribution in [0, 0.1) is 5.82 Å². The van der Waals surface area contributed by atoms with Crippen LogP contribution in [0.25, 0.3) is 11.0 Å². The summed E-state index contributed by atoms with van der Waals surface area (Å²) in [4.78, 5) is 20.2. The van der Waals surface area contributed by atoms with Crippen molar-refractivity contribution in [1.29, 1.82) is 0 Å². The summed E-state index contributed by atoms with van der Waals surface area (Å²) in [6.45, 7) is 12.2. The molecule has 0 bridgehead atoms. The molecular formula is C27H34ClFN2O2P2. The van der Waals surface area contributed by atoms with Crippen molar-refractivity contribution in [3.63, 3.8) is 0 Å². The van der Waals surface area contributed by atoms with E-state index in [2.05, 4.69) is 28.4 Å². The van der Waals surface area contributed by atoms with Gasteiger partial charge in [0, 0.05) is 39.2 Å². The number of rotatable bonds is 5. The zero-order valence-electron chi connectivity index (χ0n) is 21.1. The van der Waals surface area contributed by atoms with Gasteiger partial charge in [-0.2, -0.15) is 0 Å². The Morgan fingerprint density at radius 2 is 1.74 bits per heavy atom. The van der Waals surface area contributed by atoms with Gasteiger partial charge in [0.05, 0.1) is 5.56 Å². The van der Waals surface area contributed by atoms with Crippen LogP contribution in [-0.4, -0.2) is 15.8 Å². The van der Waals surface area contributed by atoms with Crippen LogP contribution in [0.15, 0.2) is 54.9 Å². The Morgan fingerprint density at radius 1 is 1.06 bits per heavy atom. The van der Waals surface area contributed by atoms with Crippen molar-refractivity contribution >= 4 is 57.5 Å². The van der Waals surface area contributed by atoms with Crippen molar-refractivity contribution < 1.29 is 13.9 Å². The summed E-state index contributed by atoms with van der Waals surface area (Å²) < 4.78 is 20.4. The Kier molecular flexibility index (Phi) is 13.7. The molecule has 8 heteroatoms. The third-order valence-electron chi connectivity index (χ3n) is 4.54. The third kappa shape index (κ3) is 7.58. The molecule has 0 spiro atoms. The molecule has 0 radical (unpaired) electrons. The van der Waals surface area contributed by atoms with Crippen molar-refractivity contribution in [2.45, 2.75) is 48.1 Å². The molecule has 0 amide bonds. The van der Waals surface area contributed by atoms with Crippen LogP contribution in [0.1, 0.15) is 63.0 Å². The number of carbonyl (C=O) groups is 1. The molecule has 0 fully saturated rings. The number of hydrogen-bond acceptors (Lipinski definition) is 3. The van der Waals surface area contributed by atoms with E-state index in [1.165, 1.54) is 12.1 Å². The molecule has 1 N–H and O–H groups in total. The molecule has 188 valence electrons. The summed E-state index contributed by atoms with van der Waals surface area (Å²) in [6.07, 6.45) is 3.17. The highest BCUT2D eigenvalue weighted by Gasteiger charge is 2.22. The Bertz CT molecular complexity index is 1250. The minimum atomic E-state index is -0.615. The monoisotopic (exact) mass is 534 g/mol. The van der Waals surface area contributed by atoms with E-state index in [9.17, 15) is 9.18 Å². The second-order valence-corrected chi connectivity index (χ2v) is 8.06. The molecule has 35 heavy (non-hydrogen) atoms. The highest BCUT2D eigenvalue weighted by atomic mass is 35.5. The largest absolute Gasteiger partial charge is 0.488 e. The van der Waals surface area contributed by atoms with Crippen molar-refractivity contribution in [3.05, 3.63) is 82.4 Å². The van der Waals surface area contributed by atoms with E-state index >= 15 is 0 Å². The van der Waals surface area contributed by atoms with Gasteiger partial charge in [0.1, 0.15) is 23.8 Å². The van der Waals surface area contributed by atoms with Crippen molar-refractivity contribution in [2.24, 2.45) is 0 Å². The number of halogens is 2. The first kappa shape index (κ1) is 30.7. The fourth-order valence-corrected chi connectivity index (χ4v) is 4.11. The first-order chi connectivity index (χ1) is 17.0. The van der Waals surface area contributed by atoms with Crippen LogP contribution >= 0.6 is 30.1 Å². The van der Waals surface area contributed by atoms with E-state index in [1.54, 1.807) is 24.5 Å². The third-order valence-corrected chi connectivity index (χ3v) is 5.82. The smallest absolute Gasteiger partial charge is 0.198 e. The summed E-state index contributed by atoms with van der Waals surface area (Å²) in [5.74, 6) is -0.665. The van der Waals surface area contributed by atoms with E-state index < -0.39 is 11.6 Å². The maximum absolute atomic E-state index is 14.6. The summed E-state index contributed by atoms with van der Waals surface area (Å²) in [6, 6.07) is 11.8. The Balaban J connectivity index is 0.000000949. The van der Waals surface area contributed by atoms with Gasteiger partial charge in [-0.25, -0.2) is 9.37 Å². The number of ether oxygens (including phenoxy) is 1. The molecule has 0 aliphatic carbocycles. The molecule has 2 atom stereocenters. The Hall–Kier alpha value is -2.32. The molecule has 2 unspecified atom stereocenters. The summed E-state index contributed by atoms with van der Waals surface area (Å²) in [7, 11) is 4.99. The number of ketones is 1. The van der Waals surface area contributed by atoms with Crippen molar-refractivity contribution in [3.8, 4) is 5.75 Å². The highest BCUT2D eigenvalue weighted by molar-refractivity contribution is 7.28. The molecular weight excluding hydrogens is 501 g/mol. The Labute approximate surface area is 217 Å². The van der Waals surface area contributed by atoms with Gasteiger partial charge in [-0.05, 0) is 35.6 Å². The summed E-state index contributed by atoms with van der Waals surface area (Å²) >= 11 is 6.24. The predicted octanol–water partition coefficient (Wildman–Crippen LogP) is 7.24. The van der Waals surface area contributed by atoms with Crippen LogP contribution in [-0.2, 0) is 6.61 Å². The van der Waals surface area contributed by atoms with Gasteiger partial charge in [0.2, 0.25) is 0 Å². The lowest BCUT2D eigenvalue weighted by atomic mass is 10.0. The minimum Gasteiger partial charge on any atom is -0.488 e. The zero-order valence-corrected chi connectivity index (χ0v) is 24.1. The molecule has 4 nitrogen and oxygen atoms in total. The van der Waals surface area contributed by atoms with Gasteiger partial charge >= 0.3 is 0 Å². The van der Waals surface area contributed by atoms with Crippen LogP contribution in [0.2, 0.25) is 5.02 Å². The van der Waals surface area contributed by atoms with E-state index in [1.807, 2.05) is 59.7 Å². The van der Waals surface area contributed by atoms with Crippen molar-refractivity contribution in [1.82, 2.24) is 9.97 Å². The molecule has 0 aliphatic rings. The SMILES string of the molecule is CC.CC.CC.O=C(c1c(F)ccc(OCc2ccc(P)cc2Cl)c1P)c1c[nH]c2ncccc12. The average Bonchev–Trinajstić information content (AvgIpc) is 3.32. The van der Waals surface area contributed by atoms with E-state index in [4.69, 9.17) is 16.3 Å². The fraction of sp³-hybridized carbons (Fsp3) is 0.259. The molecule has 2 heterocycles.